The summed E-state index contributed by atoms with van der Waals surface area (Å²) in [5.41, 5.74) is 1.88. The van der Waals surface area contributed by atoms with Gasteiger partial charge in [-0.25, -0.2) is 0 Å². The Labute approximate surface area is 105 Å². The summed E-state index contributed by atoms with van der Waals surface area (Å²) >= 11 is 7.99. The number of thioether (sulfide) groups is 1. The number of benzene rings is 1. The van der Waals surface area contributed by atoms with Crippen LogP contribution in [0, 0.1) is 0 Å². The van der Waals surface area contributed by atoms with E-state index in [-0.39, 0.29) is 0 Å². The summed E-state index contributed by atoms with van der Waals surface area (Å²) in [6, 6.07) is 3.66. The second kappa shape index (κ2) is 4.86. The molecular weight excluding hydrogens is 244 g/mol. The number of hydrogen-bond donors (Lipinski definition) is 1. The van der Waals surface area contributed by atoms with Crippen LogP contribution in [-0.2, 0) is 5.75 Å². The molecule has 0 aliphatic carbocycles. The number of ether oxygens (including phenoxy) is 1. The largest absolute Gasteiger partial charge is 0.496 e. The molecule has 16 heavy (non-hydrogen) atoms. The molecule has 0 saturated heterocycles. The Kier molecular flexibility index (Phi) is 3.67. The molecule has 1 heterocycles. The topological polar surface area (TPSA) is 29.5 Å². The second-order valence-corrected chi connectivity index (χ2v) is 5.85. The number of aliphatic hydroxyl groups is 1. The van der Waals surface area contributed by atoms with Gasteiger partial charge in [-0.3, -0.25) is 0 Å². The molecule has 4 heteroatoms. The van der Waals surface area contributed by atoms with Gasteiger partial charge in [0.1, 0.15) is 5.75 Å². The van der Waals surface area contributed by atoms with Crippen molar-refractivity contribution in [3.63, 3.8) is 0 Å². The van der Waals surface area contributed by atoms with Crippen molar-refractivity contribution in [1.29, 1.82) is 0 Å². The number of methoxy groups -OCH3 is 1. The van der Waals surface area contributed by atoms with Crippen LogP contribution in [0.1, 0.15) is 30.6 Å². The molecule has 1 N–H and O–H groups in total. The summed E-state index contributed by atoms with van der Waals surface area (Å²) in [5, 5.41) is 11.2. The van der Waals surface area contributed by atoms with Crippen molar-refractivity contribution < 1.29 is 9.84 Å². The number of fused-ring (bicyclic) bond motifs is 1. The lowest BCUT2D eigenvalue weighted by Gasteiger charge is -2.16. The van der Waals surface area contributed by atoms with Gasteiger partial charge in [-0.1, -0.05) is 18.5 Å². The lowest BCUT2D eigenvalue weighted by Crippen LogP contribution is -2.05. The van der Waals surface area contributed by atoms with Gasteiger partial charge in [0, 0.05) is 27.2 Å². The van der Waals surface area contributed by atoms with Crippen molar-refractivity contribution in [1.82, 2.24) is 0 Å². The van der Waals surface area contributed by atoms with Gasteiger partial charge in [-0.2, -0.15) is 11.8 Å². The average molecular weight is 259 g/mol. The molecular formula is C12H15ClO2S. The van der Waals surface area contributed by atoms with E-state index >= 15 is 0 Å². The molecule has 0 saturated carbocycles. The fraction of sp³-hybridized carbons (Fsp3) is 0.500. The minimum Gasteiger partial charge on any atom is -0.496 e. The highest BCUT2D eigenvalue weighted by Gasteiger charge is 2.25. The maximum atomic E-state index is 10.2. The van der Waals surface area contributed by atoms with E-state index in [1.165, 1.54) is 0 Å². The molecule has 0 amide bonds. The normalized spacial score (nSPS) is 24.8. The highest BCUT2D eigenvalue weighted by molar-refractivity contribution is 7.99. The Morgan fingerprint density at radius 2 is 2.25 bits per heavy atom. The third-order valence-corrected chi connectivity index (χ3v) is 4.43. The number of aliphatic hydroxyl groups excluding tert-OH is 1. The highest BCUT2D eigenvalue weighted by Crippen LogP contribution is 2.42. The Balaban J connectivity index is 2.52. The summed E-state index contributed by atoms with van der Waals surface area (Å²) < 4.78 is 5.32. The zero-order valence-corrected chi connectivity index (χ0v) is 10.9. The minimum absolute atomic E-state index is 0.433. The van der Waals surface area contributed by atoms with Crippen LogP contribution >= 0.6 is 23.4 Å². The van der Waals surface area contributed by atoms with Crippen LogP contribution in [0.4, 0.5) is 0 Å². The molecule has 88 valence electrons. The first-order valence-corrected chi connectivity index (χ1v) is 6.71. The summed E-state index contributed by atoms with van der Waals surface area (Å²) in [6.07, 6.45) is 0.257. The Bertz CT molecular complexity index is 395. The smallest absolute Gasteiger partial charge is 0.123 e. The van der Waals surface area contributed by atoms with Crippen molar-refractivity contribution >= 4 is 23.4 Å². The molecule has 2 nitrogen and oxygen atoms in total. The Hall–Kier alpha value is -0.380. The first-order valence-electron chi connectivity index (χ1n) is 5.28. The van der Waals surface area contributed by atoms with Crippen LogP contribution in [0.5, 0.6) is 5.75 Å². The van der Waals surface area contributed by atoms with Crippen molar-refractivity contribution in [2.24, 2.45) is 0 Å². The highest BCUT2D eigenvalue weighted by atomic mass is 35.5. The average Bonchev–Trinajstić information content (AvgIpc) is 2.39. The number of rotatable bonds is 1. The van der Waals surface area contributed by atoms with Gasteiger partial charge < -0.3 is 9.84 Å². The van der Waals surface area contributed by atoms with Crippen LogP contribution in [0.3, 0.4) is 0 Å². The third-order valence-electron chi connectivity index (χ3n) is 2.88. The minimum atomic E-state index is -0.484. The second-order valence-electron chi connectivity index (χ2n) is 4.01. The maximum Gasteiger partial charge on any atom is 0.123 e. The predicted molar refractivity (Wildman–Crippen MR) is 68.3 cm³/mol. The van der Waals surface area contributed by atoms with Crippen LogP contribution in [-0.4, -0.2) is 17.5 Å². The summed E-state index contributed by atoms with van der Waals surface area (Å²) in [5.74, 6) is 1.66. The van der Waals surface area contributed by atoms with Gasteiger partial charge in [0.25, 0.3) is 0 Å². The maximum absolute atomic E-state index is 10.2. The molecule has 0 spiro atoms. The van der Waals surface area contributed by atoms with Crippen molar-refractivity contribution in [2.45, 2.75) is 30.5 Å². The molecule has 0 bridgehead atoms. The van der Waals surface area contributed by atoms with Gasteiger partial charge in [-0.05, 0) is 18.6 Å². The summed E-state index contributed by atoms with van der Waals surface area (Å²) in [6.45, 7) is 2.13. The fourth-order valence-corrected chi connectivity index (χ4v) is 3.41. The van der Waals surface area contributed by atoms with Crippen molar-refractivity contribution in [3.05, 3.63) is 28.3 Å². The molecule has 2 atom stereocenters. The zero-order valence-electron chi connectivity index (χ0n) is 9.37. The van der Waals surface area contributed by atoms with E-state index < -0.39 is 6.10 Å². The molecule has 0 fully saturated rings. The van der Waals surface area contributed by atoms with Crippen LogP contribution in [0.25, 0.3) is 0 Å². The number of hydrogen-bond acceptors (Lipinski definition) is 3. The van der Waals surface area contributed by atoms with E-state index in [2.05, 4.69) is 6.92 Å². The zero-order chi connectivity index (χ0) is 11.7. The monoisotopic (exact) mass is 258 g/mol. The van der Waals surface area contributed by atoms with Gasteiger partial charge in [0.05, 0.1) is 13.2 Å². The summed E-state index contributed by atoms with van der Waals surface area (Å²) in [7, 11) is 1.65. The SMILES string of the molecule is COc1ccc(Cl)c2c1CSC(C)C[C@H]2O. The van der Waals surface area contributed by atoms with E-state index in [9.17, 15) is 5.11 Å². The molecule has 2 rings (SSSR count). The fourth-order valence-electron chi connectivity index (χ4n) is 2.04. The van der Waals surface area contributed by atoms with Gasteiger partial charge in [0.2, 0.25) is 0 Å². The standard InChI is InChI=1S/C12H15ClO2S/c1-7-5-10(14)12-8(6-16-7)11(15-2)4-3-9(12)13/h3-4,7,10,14H,5-6H2,1-2H3/t7?,10-/m1/s1. The molecule has 0 radical (unpaired) electrons. The van der Waals surface area contributed by atoms with E-state index in [1.54, 1.807) is 13.2 Å². The molecule has 0 aromatic heterocycles. The Morgan fingerprint density at radius 1 is 1.50 bits per heavy atom. The van der Waals surface area contributed by atoms with Crippen LogP contribution < -0.4 is 4.74 Å². The first-order chi connectivity index (χ1) is 7.63. The number of halogens is 1. The van der Waals surface area contributed by atoms with Gasteiger partial charge in [-0.15, -0.1) is 0 Å². The molecule has 1 aromatic carbocycles. The molecule has 1 aliphatic heterocycles. The van der Waals surface area contributed by atoms with Crippen molar-refractivity contribution in [2.75, 3.05) is 7.11 Å². The van der Waals surface area contributed by atoms with E-state index in [0.29, 0.717) is 10.3 Å². The summed E-state index contributed by atoms with van der Waals surface area (Å²) in [4.78, 5) is 0. The van der Waals surface area contributed by atoms with Gasteiger partial charge in [0.15, 0.2) is 0 Å². The quantitative estimate of drug-likeness (QED) is 0.837. The molecule has 1 aliphatic rings. The first kappa shape index (κ1) is 12.1. The van der Waals surface area contributed by atoms with E-state index in [0.717, 1.165) is 29.1 Å². The predicted octanol–water partition coefficient (Wildman–Crippen LogP) is 3.41. The van der Waals surface area contributed by atoms with Gasteiger partial charge >= 0.3 is 0 Å². The van der Waals surface area contributed by atoms with Crippen LogP contribution in [0.15, 0.2) is 12.1 Å². The van der Waals surface area contributed by atoms with Crippen molar-refractivity contribution in [3.8, 4) is 5.75 Å². The van der Waals surface area contributed by atoms with E-state index in [4.69, 9.17) is 16.3 Å². The van der Waals surface area contributed by atoms with Crippen LogP contribution in [0.2, 0.25) is 5.02 Å². The molecule has 1 aromatic rings. The Morgan fingerprint density at radius 3 is 2.94 bits per heavy atom. The third kappa shape index (κ3) is 2.17. The lowest BCUT2D eigenvalue weighted by atomic mass is 9.99. The molecule has 1 unspecified atom stereocenters. The lowest BCUT2D eigenvalue weighted by molar-refractivity contribution is 0.168. The van der Waals surface area contributed by atoms with E-state index in [1.807, 2.05) is 17.8 Å².